The van der Waals surface area contributed by atoms with Crippen molar-refractivity contribution in [2.24, 2.45) is 0 Å². The van der Waals surface area contributed by atoms with Crippen molar-refractivity contribution in [3.8, 4) is 0 Å². The van der Waals surface area contributed by atoms with Gasteiger partial charge in [0.15, 0.2) is 0 Å². The molecule has 1 N–H and O–H groups in total. The molecule has 0 saturated carbocycles. The molecule has 0 unspecified atom stereocenters. The van der Waals surface area contributed by atoms with Crippen molar-refractivity contribution in [2.45, 2.75) is 27.7 Å². The summed E-state index contributed by atoms with van der Waals surface area (Å²) in [6, 6.07) is 7.36. The van der Waals surface area contributed by atoms with E-state index in [1.54, 1.807) is 6.07 Å². The van der Waals surface area contributed by atoms with Crippen molar-refractivity contribution in [3.05, 3.63) is 36.4 Å². The summed E-state index contributed by atoms with van der Waals surface area (Å²) >= 11 is 0. The number of amides is 1. The molecule has 2 rings (SSSR count). The number of fused-ring (bicyclic) bond motifs is 1. The number of carbonyl (C=O) groups is 1. The van der Waals surface area contributed by atoms with Gasteiger partial charge in [-0.25, -0.2) is 4.79 Å². The number of anilines is 1. The Labute approximate surface area is 97.1 Å². The summed E-state index contributed by atoms with van der Waals surface area (Å²) in [5.41, 5.74) is 1.58. The fraction of sp³-hybridized carbons (Fsp3) is 0.308. The van der Waals surface area contributed by atoms with E-state index in [1.165, 1.54) is 0 Å². The van der Waals surface area contributed by atoms with Gasteiger partial charge in [-0.2, -0.15) is 0 Å². The van der Waals surface area contributed by atoms with Gasteiger partial charge in [-0.15, -0.1) is 0 Å². The summed E-state index contributed by atoms with van der Waals surface area (Å²) in [4.78, 5) is 10.8. The Kier molecular flexibility index (Phi) is 6.68. The molecule has 88 valence electrons. The molecular weight excluding hydrogens is 202 g/mol. The fourth-order valence-electron chi connectivity index (χ4n) is 1.14. The molecule has 1 aromatic carbocycles. The van der Waals surface area contributed by atoms with Gasteiger partial charge in [-0.05, 0) is 12.1 Å². The van der Waals surface area contributed by atoms with E-state index in [0.29, 0.717) is 5.76 Å². The molecular formula is C13H19NO2. The summed E-state index contributed by atoms with van der Waals surface area (Å²) < 4.78 is 4.77. The average molecular weight is 221 g/mol. The molecule has 0 atom stereocenters. The summed E-state index contributed by atoms with van der Waals surface area (Å²) in [5.74, 6) is 0.398. The maximum Gasteiger partial charge on any atom is 0.417 e. The number of hydrogen-bond acceptors (Lipinski definition) is 2. The molecule has 0 spiro atoms. The molecule has 16 heavy (non-hydrogen) atoms. The second-order valence-electron chi connectivity index (χ2n) is 2.48. The van der Waals surface area contributed by atoms with Gasteiger partial charge in [-0.1, -0.05) is 46.4 Å². The van der Waals surface area contributed by atoms with Crippen LogP contribution < -0.4 is 5.32 Å². The van der Waals surface area contributed by atoms with Crippen LogP contribution in [0.4, 0.5) is 10.5 Å². The summed E-state index contributed by atoms with van der Waals surface area (Å²) in [6.45, 7) is 11.6. The Morgan fingerprint density at radius 2 is 1.69 bits per heavy atom. The van der Waals surface area contributed by atoms with Gasteiger partial charge >= 0.3 is 6.09 Å². The molecule has 1 aliphatic heterocycles. The maximum absolute atomic E-state index is 10.8. The van der Waals surface area contributed by atoms with Crippen LogP contribution in [0.1, 0.15) is 33.3 Å². The molecule has 1 amide bonds. The second kappa shape index (κ2) is 7.51. The number of nitrogens with one attached hydrogen (secondary N) is 1. The van der Waals surface area contributed by atoms with Gasteiger partial charge < -0.3 is 4.74 Å². The van der Waals surface area contributed by atoms with Crippen LogP contribution in [0, 0.1) is 0 Å². The van der Waals surface area contributed by atoms with Gasteiger partial charge in [0.05, 0.1) is 5.69 Å². The Morgan fingerprint density at radius 3 is 2.31 bits per heavy atom. The number of hydrogen-bond donors (Lipinski definition) is 1. The van der Waals surface area contributed by atoms with Crippen LogP contribution in [-0.2, 0) is 4.74 Å². The van der Waals surface area contributed by atoms with Gasteiger partial charge in [0.2, 0.25) is 0 Å². The molecule has 3 heteroatoms. The molecule has 0 aliphatic carbocycles. The van der Waals surface area contributed by atoms with Gasteiger partial charge in [-0.3, -0.25) is 5.32 Å². The zero-order valence-electron chi connectivity index (χ0n) is 10.3. The lowest BCUT2D eigenvalue weighted by molar-refractivity contribution is 0.206. The average Bonchev–Trinajstić information content (AvgIpc) is 2.34. The minimum Gasteiger partial charge on any atom is -0.410 e. The first-order valence-electron chi connectivity index (χ1n) is 5.54. The molecule has 0 aromatic heterocycles. The number of benzene rings is 1. The SMILES string of the molecule is C=C1OC(=O)Nc2ccccc21.CC.CC. The van der Waals surface area contributed by atoms with E-state index < -0.39 is 6.09 Å². The quantitative estimate of drug-likeness (QED) is 0.710. The predicted octanol–water partition coefficient (Wildman–Crippen LogP) is 4.27. The van der Waals surface area contributed by atoms with Gasteiger partial charge in [0.25, 0.3) is 0 Å². The van der Waals surface area contributed by atoms with Gasteiger partial charge in [0, 0.05) is 5.56 Å². The monoisotopic (exact) mass is 221 g/mol. The zero-order valence-corrected chi connectivity index (χ0v) is 10.3. The third-order valence-corrected chi connectivity index (χ3v) is 1.68. The molecule has 0 saturated heterocycles. The first-order valence-corrected chi connectivity index (χ1v) is 5.54. The van der Waals surface area contributed by atoms with Crippen molar-refractivity contribution < 1.29 is 9.53 Å². The fourth-order valence-corrected chi connectivity index (χ4v) is 1.14. The number of cyclic esters (lactones) is 1. The highest BCUT2D eigenvalue weighted by atomic mass is 16.6. The van der Waals surface area contributed by atoms with Crippen molar-refractivity contribution >= 4 is 17.5 Å². The second-order valence-corrected chi connectivity index (χ2v) is 2.48. The maximum atomic E-state index is 10.8. The van der Waals surface area contributed by atoms with Crippen molar-refractivity contribution in [2.75, 3.05) is 5.32 Å². The number of para-hydroxylation sites is 1. The Hall–Kier alpha value is -1.77. The highest BCUT2D eigenvalue weighted by Crippen LogP contribution is 2.27. The third kappa shape index (κ3) is 3.42. The number of ether oxygens (including phenoxy) is 1. The normalized spacial score (nSPS) is 11.8. The number of rotatable bonds is 0. The molecule has 1 aliphatic rings. The van der Waals surface area contributed by atoms with Crippen LogP contribution >= 0.6 is 0 Å². The summed E-state index contributed by atoms with van der Waals surface area (Å²) in [5, 5.41) is 2.57. The minimum absolute atomic E-state index is 0.398. The number of carbonyl (C=O) groups excluding carboxylic acids is 1. The van der Waals surface area contributed by atoms with Crippen LogP contribution in [0.25, 0.3) is 5.76 Å². The third-order valence-electron chi connectivity index (χ3n) is 1.68. The molecule has 1 aromatic rings. The Bertz CT molecular complexity index is 359. The highest BCUT2D eigenvalue weighted by molar-refractivity contribution is 5.96. The van der Waals surface area contributed by atoms with Crippen molar-refractivity contribution in [1.82, 2.24) is 0 Å². The molecule has 3 nitrogen and oxygen atoms in total. The Morgan fingerprint density at radius 1 is 1.12 bits per heavy atom. The molecule has 0 radical (unpaired) electrons. The summed E-state index contributed by atoms with van der Waals surface area (Å²) in [6.07, 6.45) is -0.473. The molecule has 0 fully saturated rings. The van der Waals surface area contributed by atoms with Crippen LogP contribution in [0.5, 0.6) is 0 Å². The summed E-state index contributed by atoms with van der Waals surface area (Å²) in [7, 11) is 0. The Balaban J connectivity index is 0.000000509. The first-order chi connectivity index (χ1) is 7.77. The lowest BCUT2D eigenvalue weighted by Crippen LogP contribution is -2.18. The van der Waals surface area contributed by atoms with Gasteiger partial charge in [0.1, 0.15) is 5.76 Å². The van der Waals surface area contributed by atoms with E-state index in [2.05, 4.69) is 11.9 Å². The van der Waals surface area contributed by atoms with Crippen molar-refractivity contribution in [1.29, 1.82) is 0 Å². The zero-order chi connectivity index (χ0) is 12.6. The largest absolute Gasteiger partial charge is 0.417 e. The minimum atomic E-state index is -0.473. The molecule has 0 bridgehead atoms. The van der Waals surface area contributed by atoms with E-state index in [0.717, 1.165) is 11.3 Å². The first kappa shape index (κ1) is 14.2. The lowest BCUT2D eigenvalue weighted by atomic mass is 10.1. The van der Waals surface area contributed by atoms with Crippen LogP contribution in [0.15, 0.2) is 30.8 Å². The predicted molar refractivity (Wildman–Crippen MR) is 68.3 cm³/mol. The smallest absolute Gasteiger partial charge is 0.410 e. The standard InChI is InChI=1S/C9H7NO2.2C2H6/c1-6-7-4-2-3-5-8(7)10-9(11)12-6;2*1-2/h2-5H,1H2,(H,10,11);2*1-2H3. The van der Waals surface area contributed by atoms with E-state index in [1.807, 2.05) is 45.9 Å². The van der Waals surface area contributed by atoms with E-state index in [4.69, 9.17) is 4.74 Å². The van der Waals surface area contributed by atoms with Crippen LogP contribution in [0.2, 0.25) is 0 Å². The van der Waals surface area contributed by atoms with E-state index >= 15 is 0 Å². The lowest BCUT2D eigenvalue weighted by Gasteiger charge is -2.17. The van der Waals surface area contributed by atoms with Crippen LogP contribution in [0.3, 0.4) is 0 Å². The van der Waals surface area contributed by atoms with E-state index in [9.17, 15) is 4.79 Å². The topological polar surface area (TPSA) is 38.3 Å². The molecule has 1 heterocycles. The van der Waals surface area contributed by atoms with Crippen molar-refractivity contribution in [3.63, 3.8) is 0 Å². The van der Waals surface area contributed by atoms with E-state index in [-0.39, 0.29) is 0 Å². The van der Waals surface area contributed by atoms with Crippen LogP contribution in [-0.4, -0.2) is 6.09 Å². The highest BCUT2D eigenvalue weighted by Gasteiger charge is 2.17.